The van der Waals surface area contributed by atoms with Crippen molar-refractivity contribution in [2.75, 3.05) is 6.54 Å². The standard InChI is InChI=1S/C18H24N4O2/c1-13-7-5-6-8-14(13)11-15-19-20-16-12-21(9-10-22(15)16)17(23)24-18(2,3)4/h5-8H,9-12H2,1-4H3. The van der Waals surface area contributed by atoms with Crippen molar-refractivity contribution in [3.8, 4) is 0 Å². The van der Waals surface area contributed by atoms with E-state index in [1.807, 2.05) is 32.9 Å². The zero-order chi connectivity index (χ0) is 17.3. The number of carbonyl (C=O) groups is 1. The van der Waals surface area contributed by atoms with E-state index in [-0.39, 0.29) is 6.09 Å². The second-order valence-electron chi connectivity index (χ2n) is 7.19. The molecule has 0 spiro atoms. The third kappa shape index (κ3) is 3.58. The highest BCUT2D eigenvalue weighted by Gasteiger charge is 2.28. The van der Waals surface area contributed by atoms with Gasteiger partial charge in [-0.3, -0.25) is 4.90 Å². The topological polar surface area (TPSA) is 60.2 Å². The molecule has 0 aliphatic carbocycles. The Morgan fingerprint density at radius 3 is 2.67 bits per heavy atom. The summed E-state index contributed by atoms with van der Waals surface area (Å²) >= 11 is 0. The molecule has 6 heteroatoms. The van der Waals surface area contributed by atoms with Gasteiger partial charge in [0.05, 0.1) is 6.54 Å². The number of carbonyl (C=O) groups excluding carboxylic acids is 1. The van der Waals surface area contributed by atoms with Crippen LogP contribution >= 0.6 is 0 Å². The summed E-state index contributed by atoms with van der Waals surface area (Å²) in [6, 6.07) is 8.30. The lowest BCUT2D eigenvalue weighted by molar-refractivity contribution is 0.0194. The van der Waals surface area contributed by atoms with Gasteiger partial charge in [0.2, 0.25) is 0 Å². The fraction of sp³-hybridized carbons (Fsp3) is 0.500. The van der Waals surface area contributed by atoms with Gasteiger partial charge in [-0.25, -0.2) is 4.79 Å². The Kier molecular flexibility index (Phi) is 4.30. The molecule has 0 unspecified atom stereocenters. The minimum atomic E-state index is -0.488. The maximum Gasteiger partial charge on any atom is 0.410 e. The molecule has 2 heterocycles. The highest BCUT2D eigenvalue weighted by Crippen LogP contribution is 2.19. The molecule has 3 rings (SSSR count). The van der Waals surface area contributed by atoms with Crippen LogP contribution in [0.4, 0.5) is 4.79 Å². The first-order valence-corrected chi connectivity index (χ1v) is 8.27. The predicted molar refractivity (Wildman–Crippen MR) is 90.7 cm³/mol. The molecule has 1 amide bonds. The Hall–Kier alpha value is -2.37. The number of aromatic nitrogens is 3. The summed E-state index contributed by atoms with van der Waals surface area (Å²) in [4.78, 5) is 13.9. The first-order valence-electron chi connectivity index (χ1n) is 8.27. The molecule has 2 aromatic rings. The molecule has 1 aliphatic rings. The molecule has 24 heavy (non-hydrogen) atoms. The average molecular weight is 328 g/mol. The van der Waals surface area contributed by atoms with Crippen molar-refractivity contribution in [3.63, 3.8) is 0 Å². The fourth-order valence-electron chi connectivity index (χ4n) is 2.81. The van der Waals surface area contributed by atoms with E-state index in [2.05, 4.69) is 33.8 Å². The summed E-state index contributed by atoms with van der Waals surface area (Å²) in [5.74, 6) is 1.76. The molecule has 0 saturated heterocycles. The highest BCUT2D eigenvalue weighted by atomic mass is 16.6. The van der Waals surface area contributed by atoms with Gasteiger partial charge in [-0.1, -0.05) is 24.3 Å². The van der Waals surface area contributed by atoms with Crippen molar-refractivity contribution in [3.05, 3.63) is 47.0 Å². The lowest BCUT2D eigenvalue weighted by Crippen LogP contribution is -2.41. The molecule has 0 radical (unpaired) electrons. The first kappa shape index (κ1) is 16.5. The van der Waals surface area contributed by atoms with Crippen LogP contribution < -0.4 is 0 Å². The second kappa shape index (κ2) is 6.26. The first-order chi connectivity index (χ1) is 11.3. The number of rotatable bonds is 2. The largest absolute Gasteiger partial charge is 0.444 e. The van der Waals surface area contributed by atoms with Crippen LogP contribution in [0.5, 0.6) is 0 Å². The number of benzene rings is 1. The van der Waals surface area contributed by atoms with E-state index in [9.17, 15) is 4.79 Å². The minimum Gasteiger partial charge on any atom is -0.444 e. The summed E-state index contributed by atoms with van der Waals surface area (Å²) in [5.41, 5.74) is 2.02. The fourth-order valence-corrected chi connectivity index (χ4v) is 2.81. The smallest absolute Gasteiger partial charge is 0.410 e. The molecular formula is C18H24N4O2. The summed E-state index contributed by atoms with van der Waals surface area (Å²) in [6.45, 7) is 9.47. The van der Waals surface area contributed by atoms with Crippen molar-refractivity contribution >= 4 is 6.09 Å². The molecule has 1 aliphatic heterocycles. The van der Waals surface area contributed by atoms with Gasteiger partial charge in [0.1, 0.15) is 11.4 Å². The van der Waals surface area contributed by atoms with Crippen molar-refractivity contribution in [1.29, 1.82) is 0 Å². The van der Waals surface area contributed by atoms with Crippen LogP contribution in [0.2, 0.25) is 0 Å². The Labute approximate surface area is 142 Å². The molecule has 128 valence electrons. The summed E-state index contributed by atoms with van der Waals surface area (Å²) in [7, 11) is 0. The maximum absolute atomic E-state index is 12.2. The monoisotopic (exact) mass is 328 g/mol. The van der Waals surface area contributed by atoms with Crippen molar-refractivity contribution in [2.24, 2.45) is 0 Å². The number of hydrogen-bond acceptors (Lipinski definition) is 4. The SMILES string of the molecule is Cc1ccccc1Cc1nnc2n1CCN(C(=O)OC(C)(C)C)C2. The molecule has 0 bridgehead atoms. The molecule has 0 fully saturated rings. The maximum atomic E-state index is 12.2. The van der Waals surface area contributed by atoms with Crippen molar-refractivity contribution < 1.29 is 9.53 Å². The molecule has 1 aromatic heterocycles. The Balaban J connectivity index is 1.73. The van der Waals surface area contributed by atoms with E-state index in [4.69, 9.17) is 4.74 Å². The third-order valence-electron chi connectivity index (χ3n) is 4.09. The van der Waals surface area contributed by atoms with Crippen LogP contribution in [0.25, 0.3) is 0 Å². The average Bonchev–Trinajstić information content (AvgIpc) is 2.90. The van der Waals surface area contributed by atoms with Crippen LogP contribution in [0.1, 0.15) is 43.5 Å². The highest BCUT2D eigenvalue weighted by molar-refractivity contribution is 5.68. The number of fused-ring (bicyclic) bond motifs is 1. The van der Waals surface area contributed by atoms with Crippen LogP contribution in [0.15, 0.2) is 24.3 Å². The lowest BCUT2D eigenvalue weighted by atomic mass is 10.1. The summed E-state index contributed by atoms with van der Waals surface area (Å²) in [5, 5.41) is 8.61. The van der Waals surface area contributed by atoms with Gasteiger partial charge in [0.25, 0.3) is 0 Å². The van der Waals surface area contributed by atoms with Gasteiger partial charge in [0, 0.05) is 19.5 Å². The van der Waals surface area contributed by atoms with Crippen LogP contribution in [0, 0.1) is 6.92 Å². The van der Waals surface area contributed by atoms with E-state index < -0.39 is 5.60 Å². The van der Waals surface area contributed by atoms with Crippen LogP contribution in [-0.2, 0) is 24.2 Å². The van der Waals surface area contributed by atoms with Gasteiger partial charge in [0.15, 0.2) is 5.82 Å². The van der Waals surface area contributed by atoms with E-state index >= 15 is 0 Å². The van der Waals surface area contributed by atoms with Crippen LogP contribution in [-0.4, -0.2) is 37.9 Å². The van der Waals surface area contributed by atoms with E-state index in [0.29, 0.717) is 19.6 Å². The van der Waals surface area contributed by atoms with Crippen molar-refractivity contribution in [2.45, 2.75) is 52.8 Å². The van der Waals surface area contributed by atoms with Gasteiger partial charge < -0.3 is 9.30 Å². The number of aryl methyl sites for hydroxylation is 1. The second-order valence-corrected chi connectivity index (χ2v) is 7.19. The normalized spacial score (nSPS) is 14.4. The lowest BCUT2D eigenvalue weighted by Gasteiger charge is -2.30. The van der Waals surface area contributed by atoms with Gasteiger partial charge in [-0.2, -0.15) is 0 Å². The molecular weight excluding hydrogens is 304 g/mol. The molecule has 1 aromatic carbocycles. The summed E-state index contributed by atoms with van der Waals surface area (Å²) < 4.78 is 7.56. The number of ether oxygens (including phenoxy) is 1. The number of amides is 1. The molecule has 6 nitrogen and oxygen atoms in total. The Morgan fingerprint density at radius 2 is 1.96 bits per heavy atom. The molecule has 0 N–H and O–H groups in total. The van der Waals surface area contributed by atoms with Gasteiger partial charge in [-0.15, -0.1) is 10.2 Å². The quantitative estimate of drug-likeness (QED) is 0.850. The number of hydrogen-bond donors (Lipinski definition) is 0. The van der Waals surface area contributed by atoms with E-state index in [1.165, 1.54) is 11.1 Å². The van der Waals surface area contributed by atoms with E-state index in [0.717, 1.165) is 18.1 Å². The van der Waals surface area contributed by atoms with Crippen LogP contribution in [0.3, 0.4) is 0 Å². The summed E-state index contributed by atoms with van der Waals surface area (Å²) in [6.07, 6.45) is 0.462. The van der Waals surface area contributed by atoms with Gasteiger partial charge in [-0.05, 0) is 38.8 Å². The minimum absolute atomic E-state index is 0.294. The Bertz CT molecular complexity index is 746. The Morgan fingerprint density at radius 1 is 1.21 bits per heavy atom. The number of nitrogens with zero attached hydrogens (tertiary/aromatic N) is 4. The van der Waals surface area contributed by atoms with E-state index in [1.54, 1.807) is 4.90 Å². The third-order valence-corrected chi connectivity index (χ3v) is 4.09. The zero-order valence-electron chi connectivity index (χ0n) is 14.7. The predicted octanol–water partition coefficient (Wildman–Crippen LogP) is 2.93. The molecule has 0 atom stereocenters. The van der Waals surface area contributed by atoms with Crippen molar-refractivity contribution in [1.82, 2.24) is 19.7 Å². The molecule has 0 saturated carbocycles. The van der Waals surface area contributed by atoms with Gasteiger partial charge >= 0.3 is 6.09 Å². The zero-order valence-corrected chi connectivity index (χ0v) is 14.7.